The van der Waals surface area contributed by atoms with Crippen molar-refractivity contribution in [2.45, 2.75) is 95.7 Å². The van der Waals surface area contributed by atoms with Crippen molar-refractivity contribution in [2.24, 2.45) is 0 Å². The average Bonchev–Trinajstić information content (AvgIpc) is 3.45. The van der Waals surface area contributed by atoms with Gasteiger partial charge >= 0.3 is 0 Å². The zero-order valence-corrected chi connectivity index (χ0v) is 26.3. The number of ether oxygens (including phenoxy) is 4. The van der Waals surface area contributed by atoms with Crippen molar-refractivity contribution in [3.05, 3.63) is 22.6 Å². The lowest BCUT2D eigenvalue weighted by molar-refractivity contribution is 0.00849. The second kappa shape index (κ2) is 10.8. The molecule has 2 aromatic rings. The van der Waals surface area contributed by atoms with E-state index >= 15 is 0 Å². The molecule has 4 heterocycles. The minimum Gasteiger partial charge on any atom is -0.469 e. The van der Waals surface area contributed by atoms with E-state index in [9.17, 15) is 9.65 Å². The lowest BCUT2D eigenvalue weighted by atomic mass is 10.1. The second-order valence-corrected chi connectivity index (χ2v) is 23.6. The number of aromatic nitrogens is 2. The Labute approximate surface area is 231 Å². The molecule has 4 atom stereocenters. The molecule has 2 aliphatic rings. The van der Waals surface area contributed by atoms with Crippen molar-refractivity contribution < 1.29 is 27.8 Å². The fraction of sp³-hybridized carbons (Fsp3) is 0.692. The lowest BCUT2D eigenvalue weighted by Crippen LogP contribution is -2.47. The molecule has 2 fully saturated rings. The molecule has 0 saturated carbocycles. The summed E-state index contributed by atoms with van der Waals surface area (Å²) < 4.78 is 47.3. The zero-order chi connectivity index (χ0) is 28.0. The quantitative estimate of drug-likeness (QED) is 0.205. The topological polar surface area (TPSA) is 87.8 Å². The van der Waals surface area contributed by atoms with Gasteiger partial charge in [-0.2, -0.15) is 5.26 Å². The Morgan fingerprint density at radius 3 is 2.39 bits per heavy atom. The van der Waals surface area contributed by atoms with Crippen molar-refractivity contribution in [3.8, 4) is 11.9 Å². The zero-order valence-electron chi connectivity index (χ0n) is 23.6. The van der Waals surface area contributed by atoms with Gasteiger partial charge in [-0.25, -0.2) is 9.37 Å². The van der Waals surface area contributed by atoms with Gasteiger partial charge in [0.25, 0.3) is 0 Å². The van der Waals surface area contributed by atoms with Crippen molar-refractivity contribution in [1.29, 1.82) is 5.26 Å². The minimum atomic E-state index is -2.03. The highest BCUT2D eigenvalue weighted by atomic mass is 35.5. The summed E-state index contributed by atoms with van der Waals surface area (Å²) in [5.74, 6) is -0.429. The van der Waals surface area contributed by atoms with E-state index in [0.29, 0.717) is 18.7 Å². The number of hydrogen-bond acceptors (Lipinski definition) is 7. The number of fused-ring (bicyclic) bond motifs is 2. The third-order valence-corrected chi connectivity index (χ3v) is 14.2. The molecule has 1 unspecified atom stereocenters. The summed E-state index contributed by atoms with van der Waals surface area (Å²) in [6, 6.07) is 4.41. The third-order valence-electron chi connectivity index (χ3n) is 7.71. The molecule has 2 saturated heterocycles. The van der Waals surface area contributed by atoms with Crippen LogP contribution in [-0.2, 0) is 25.4 Å². The number of hydrogen-bond donors (Lipinski definition) is 0. The van der Waals surface area contributed by atoms with Crippen molar-refractivity contribution in [1.82, 2.24) is 9.55 Å². The van der Waals surface area contributed by atoms with Gasteiger partial charge in [0, 0.05) is 20.7 Å². The SMILES string of the molecule is CC(C)(C)[Si](C)(C)OC1CO[C@H]2[C@@H]1OC[C@H]2Oc1c(C#N)c2nc(Cl)c(F)cc2n1COCC[Si](C)(C)C. The van der Waals surface area contributed by atoms with Gasteiger partial charge in [-0.05, 0) is 24.2 Å². The van der Waals surface area contributed by atoms with Crippen LogP contribution in [0.15, 0.2) is 6.07 Å². The molecule has 0 radical (unpaired) electrons. The normalized spacial score (nSPS) is 24.1. The Balaban J connectivity index is 1.59. The lowest BCUT2D eigenvalue weighted by Gasteiger charge is -2.39. The standard InChI is InChI=1S/C26H39ClFN3O5Si2/c1-26(2,3)38(7,8)36-20-14-34-22-19(13-33-23(20)22)35-25-16(12-29)21-18(11-17(28)24(27)30-21)31(25)15-32-9-10-37(4,5)6/h11,19-20,22-23H,9-10,13-15H2,1-8H3/t19-,20?,22-,23-/m1/s1. The molecular formula is C26H39ClFN3O5Si2. The summed E-state index contributed by atoms with van der Waals surface area (Å²) >= 11 is 5.98. The van der Waals surface area contributed by atoms with Crippen LogP contribution in [0.5, 0.6) is 5.88 Å². The van der Waals surface area contributed by atoms with E-state index in [0.717, 1.165) is 6.04 Å². The summed E-state index contributed by atoms with van der Waals surface area (Å²) in [7, 11) is -3.34. The van der Waals surface area contributed by atoms with Crippen molar-refractivity contribution in [2.75, 3.05) is 19.8 Å². The largest absolute Gasteiger partial charge is 0.469 e. The van der Waals surface area contributed by atoms with E-state index in [2.05, 4.69) is 64.6 Å². The summed E-state index contributed by atoms with van der Waals surface area (Å²) in [5, 5.41) is 9.80. The van der Waals surface area contributed by atoms with Crippen LogP contribution in [0.1, 0.15) is 26.3 Å². The van der Waals surface area contributed by atoms with Crippen molar-refractivity contribution >= 4 is 39.0 Å². The van der Waals surface area contributed by atoms with E-state index in [4.69, 9.17) is 35.0 Å². The van der Waals surface area contributed by atoms with Crippen LogP contribution in [0.25, 0.3) is 11.0 Å². The van der Waals surface area contributed by atoms with Crippen LogP contribution >= 0.6 is 11.6 Å². The Morgan fingerprint density at radius 2 is 1.79 bits per heavy atom. The van der Waals surface area contributed by atoms with Crippen LogP contribution in [0.2, 0.25) is 49.0 Å². The maximum atomic E-state index is 14.4. The van der Waals surface area contributed by atoms with Gasteiger partial charge in [0.15, 0.2) is 25.4 Å². The first-order valence-corrected chi connectivity index (χ1v) is 20.1. The van der Waals surface area contributed by atoms with E-state index in [-0.39, 0.29) is 58.8 Å². The van der Waals surface area contributed by atoms with Gasteiger partial charge in [0.05, 0.1) is 24.8 Å². The summed E-state index contributed by atoms with van der Waals surface area (Å²) in [4.78, 5) is 4.15. The molecule has 8 nitrogen and oxygen atoms in total. The molecule has 0 amide bonds. The van der Waals surface area contributed by atoms with Gasteiger partial charge in [-0.15, -0.1) is 0 Å². The van der Waals surface area contributed by atoms with E-state index in [1.807, 2.05) is 0 Å². The number of nitriles is 1. The Kier molecular flexibility index (Phi) is 8.37. The molecule has 210 valence electrons. The van der Waals surface area contributed by atoms with E-state index in [1.165, 1.54) is 6.07 Å². The number of rotatable bonds is 9. The Morgan fingerprint density at radius 1 is 1.16 bits per heavy atom. The highest BCUT2D eigenvalue weighted by molar-refractivity contribution is 6.76. The van der Waals surface area contributed by atoms with Gasteiger partial charge < -0.3 is 23.4 Å². The van der Waals surface area contributed by atoms with Gasteiger partial charge in [-0.1, -0.05) is 52.0 Å². The molecule has 4 rings (SSSR count). The number of nitrogens with zero attached hydrogens (tertiary/aromatic N) is 3. The molecule has 2 aromatic heterocycles. The molecule has 2 aliphatic heterocycles. The first-order chi connectivity index (χ1) is 17.6. The molecule has 0 bridgehead atoms. The van der Waals surface area contributed by atoms with E-state index < -0.39 is 28.3 Å². The molecule has 0 aromatic carbocycles. The predicted molar refractivity (Wildman–Crippen MR) is 149 cm³/mol. The monoisotopic (exact) mass is 583 g/mol. The van der Waals surface area contributed by atoms with Gasteiger partial charge in [0.2, 0.25) is 5.88 Å². The fourth-order valence-corrected chi connectivity index (χ4v) is 6.62. The summed E-state index contributed by atoms with van der Waals surface area (Å²) in [5.41, 5.74) is 0.823. The van der Waals surface area contributed by atoms with Gasteiger partial charge in [0.1, 0.15) is 36.1 Å². The first-order valence-electron chi connectivity index (χ1n) is 13.1. The molecule has 0 aliphatic carbocycles. The van der Waals surface area contributed by atoms with Crippen LogP contribution in [0.3, 0.4) is 0 Å². The third kappa shape index (κ3) is 5.96. The Hall–Kier alpha value is -1.53. The smallest absolute Gasteiger partial charge is 0.217 e. The molecule has 38 heavy (non-hydrogen) atoms. The minimum absolute atomic E-state index is 0.0568. The van der Waals surface area contributed by atoms with Crippen molar-refractivity contribution in [3.63, 3.8) is 0 Å². The molecule has 0 N–H and O–H groups in total. The highest BCUT2D eigenvalue weighted by Crippen LogP contribution is 2.41. The van der Waals surface area contributed by atoms with Crippen LogP contribution in [0, 0.1) is 17.1 Å². The van der Waals surface area contributed by atoms with Gasteiger partial charge in [-0.3, -0.25) is 4.57 Å². The summed E-state index contributed by atoms with van der Waals surface area (Å²) in [6.45, 7) is 19.1. The Bertz CT molecular complexity index is 1220. The van der Waals surface area contributed by atoms with Crippen LogP contribution < -0.4 is 4.74 Å². The first kappa shape index (κ1) is 29.5. The molecule has 12 heteroatoms. The molecular weight excluding hydrogens is 545 g/mol. The summed E-state index contributed by atoms with van der Waals surface area (Å²) in [6.07, 6.45) is -1.29. The fourth-order valence-electron chi connectivity index (χ4n) is 4.41. The average molecular weight is 584 g/mol. The van der Waals surface area contributed by atoms with Crippen LogP contribution in [-0.4, -0.2) is 70.2 Å². The highest BCUT2D eigenvalue weighted by Gasteiger charge is 2.52. The molecule has 0 spiro atoms. The second-order valence-electron chi connectivity index (χ2n) is 12.9. The maximum Gasteiger partial charge on any atom is 0.217 e. The number of halogens is 2. The predicted octanol–water partition coefficient (Wildman–Crippen LogP) is 5.95. The maximum absolute atomic E-state index is 14.4. The van der Waals surface area contributed by atoms with Crippen LogP contribution in [0.4, 0.5) is 4.39 Å². The number of pyridine rings is 1. The van der Waals surface area contributed by atoms with E-state index in [1.54, 1.807) is 4.57 Å².